The molecule has 1 atom stereocenters. The van der Waals surface area contributed by atoms with Gasteiger partial charge in [0.05, 0.1) is 23.6 Å². The van der Waals surface area contributed by atoms with Gasteiger partial charge in [0.1, 0.15) is 28.9 Å². The van der Waals surface area contributed by atoms with E-state index in [0.29, 0.717) is 22.8 Å². The summed E-state index contributed by atoms with van der Waals surface area (Å²) in [6.45, 7) is 6.21. The molecule has 1 saturated heterocycles. The Hall–Kier alpha value is -4.27. The molecular weight excluding hydrogens is 440 g/mol. The Labute approximate surface area is 202 Å². The van der Waals surface area contributed by atoms with Crippen LogP contribution < -0.4 is 15.0 Å². The second-order valence-corrected chi connectivity index (χ2v) is 9.18. The first-order valence-electron chi connectivity index (χ1n) is 11.7. The fourth-order valence-electron chi connectivity index (χ4n) is 4.49. The number of ether oxygens (including phenoxy) is 1. The lowest BCUT2D eigenvalue weighted by atomic mass is 10.2. The zero-order valence-corrected chi connectivity index (χ0v) is 19.9. The number of imidazole rings is 1. The third-order valence-electron chi connectivity index (χ3n) is 6.43. The zero-order valence-electron chi connectivity index (χ0n) is 19.9. The van der Waals surface area contributed by atoms with Gasteiger partial charge in [-0.05, 0) is 55.2 Å². The predicted molar refractivity (Wildman–Crippen MR) is 136 cm³/mol. The van der Waals surface area contributed by atoms with Crippen LogP contribution in [0.5, 0.6) is 11.5 Å². The van der Waals surface area contributed by atoms with E-state index in [1.165, 1.54) is 6.33 Å². The summed E-state index contributed by atoms with van der Waals surface area (Å²) in [4.78, 5) is 24.8. The summed E-state index contributed by atoms with van der Waals surface area (Å²) in [6.07, 6.45) is 6.26. The predicted octanol–water partition coefficient (Wildman–Crippen LogP) is 5.00. The summed E-state index contributed by atoms with van der Waals surface area (Å²) in [7, 11) is 1.98. The molecule has 1 aliphatic rings. The maximum Gasteiger partial charge on any atom is 0.226 e. The van der Waals surface area contributed by atoms with Crippen LogP contribution in [0.1, 0.15) is 18.9 Å². The van der Waals surface area contributed by atoms with Crippen molar-refractivity contribution >= 4 is 39.5 Å². The van der Waals surface area contributed by atoms with E-state index in [2.05, 4.69) is 37.1 Å². The van der Waals surface area contributed by atoms with Gasteiger partial charge in [0, 0.05) is 31.9 Å². The minimum atomic E-state index is 0.647. The Morgan fingerprint density at radius 1 is 1.03 bits per heavy atom. The Morgan fingerprint density at radius 3 is 2.77 bits per heavy atom. The second-order valence-electron chi connectivity index (χ2n) is 9.18. The number of fused-ring (bicyclic) bond motifs is 2. The molecule has 0 radical (unpaired) electrons. The second kappa shape index (κ2) is 8.50. The SMILES string of the molecule is Cc1cc(Nc2ncnc3cnc(N4CCC(C)C4)nc23)ccc1Oc1ccc2c(c1)ncn2C. The highest BCUT2D eigenvalue weighted by atomic mass is 16.5. The van der Waals surface area contributed by atoms with Crippen molar-refractivity contribution in [2.75, 3.05) is 23.3 Å². The number of benzene rings is 2. The van der Waals surface area contributed by atoms with Gasteiger partial charge in [-0.25, -0.2) is 24.9 Å². The van der Waals surface area contributed by atoms with E-state index < -0.39 is 0 Å². The van der Waals surface area contributed by atoms with Crippen molar-refractivity contribution in [3.05, 3.63) is 60.8 Å². The summed E-state index contributed by atoms with van der Waals surface area (Å²) in [5, 5.41) is 3.40. The maximum atomic E-state index is 6.15. The van der Waals surface area contributed by atoms with E-state index >= 15 is 0 Å². The van der Waals surface area contributed by atoms with Gasteiger partial charge >= 0.3 is 0 Å². The van der Waals surface area contributed by atoms with Gasteiger partial charge in [0.2, 0.25) is 5.95 Å². The molecule has 1 fully saturated rings. The highest BCUT2D eigenvalue weighted by Crippen LogP contribution is 2.31. The molecular formula is C26H26N8O. The van der Waals surface area contributed by atoms with Gasteiger partial charge in [0.15, 0.2) is 5.82 Å². The van der Waals surface area contributed by atoms with Gasteiger partial charge in [-0.3, -0.25) is 0 Å². The lowest BCUT2D eigenvalue weighted by molar-refractivity contribution is 0.479. The van der Waals surface area contributed by atoms with E-state index in [9.17, 15) is 0 Å². The molecule has 0 saturated carbocycles. The molecule has 0 bridgehead atoms. The molecule has 6 rings (SSSR count). The van der Waals surface area contributed by atoms with Crippen LogP contribution in [0.2, 0.25) is 0 Å². The van der Waals surface area contributed by atoms with E-state index in [0.717, 1.165) is 59.2 Å². The van der Waals surface area contributed by atoms with Crippen molar-refractivity contribution in [2.24, 2.45) is 13.0 Å². The molecule has 2 aromatic carbocycles. The number of aryl methyl sites for hydroxylation is 2. The maximum absolute atomic E-state index is 6.15. The molecule has 0 aliphatic carbocycles. The van der Waals surface area contributed by atoms with Crippen molar-refractivity contribution in [1.82, 2.24) is 29.5 Å². The number of aromatic nitrogens is 6. The van der Waals surface area contributed by atoms with Gasteiger partial charge in [-0.15, -0.1) is 0 Å². The third-order valence-corrected chi connectivity index (χ3v) is 6.43. The molecule has 9 nitrogen and oxygen atoms in total. The van der Waals surface area contributed by atoms with Crippen molar-refractivity contribution in [1.29, 1.82) is 0 Å². The number of nitrogens with zero attached hydrogens (tertiary/aromatic N) is 7. The topological polar surface area (TPSA) is 93.9 Å². The average Bonchev–Trinajstić information content (AvgIpc) is 3.46. The fourth-order valence-corrected chi connectivity index (χ4v) is 4.49. The lowest BCUT2D eigenvalue weighted by Gasteiger charge is -2.16. The molecule has 3 aromatic heterocycles. The molecule has 1 unspecified atom stereocenters. The Bertz CT molecular complexity index is 1550. The minimum absolute atomic E-state index is 0.647. The summed E-state index contributed by atoms with van der Waals surface area (Å²) in [5.74, 6) is 3.56. The van der Waals surface area contributed by atoms with Gasteiger partial charge in [-0.2, -0.15) is 0 Å². The Morgan fingerprint density at radius 2 is 1.94 bits per heavy atom. The van der Waals surface area contributed by atoms with E-state index in [1.807, 2.05) is 54.9 Å². The molecule has 9 heteroatoms. The summed E-state index contributed by atoms with van der Waals surface area (Å²) in [6, 6.07) is 11.9. The molecule has 0 amide bonds. The first kappa shape index (κ1) is 21.3. The largest absolute Gasteiger partial charge is 0.457 e. The fraction of sp³-hybridized carbons (Fsp3) is 0.269. The summed E-state index contributed by atoms with van der Waals surface area (Å²) in [5.41, 5.74) is 5.28. The van der Waals surface area contributed by atoms with E-state index in [4.69, 9.17) is 9.72 Å². The van der Waals surface area contributed by atoms with Gasteiger partial charge in [0.25, 0.3) is 0 Å². The smallest absolute Gasteiger partial charge is 0.226 e. The van der Waals surface area contributed by atoms with Crippen molar-refractivity contribution in [2.45, 2.75) is 20.3 Å². The normalized spacial score (nSPS) is 15.7. The summed E-state index contributed by atoms with van der Waals surface area (Å²) >= 11 is 0. The Balaban J connectivity index is 1.25. The highest BCUT2D eigenvalue weighted by molar-refractivity contribution is 5.87. The molecule has 35 heavy (non-hydrogen) atoms. The molecule has 4 heterocycles. The number of hydrogen-bond acceptors (Lipinski definition) is 8. The number of rotatable bonds is 5. The third kappa shape index (κ3) is 4.09. The quantitative estimate of drug-likeness (QED) is 0.387. The molecule has 0 spiro atoms. The van der Waals surface area contributed by atoms with Crippen LogP contribution in [0.4, 0.5) is 17.5 Å². The van der Waals surface area contributed by atoms with Gasteiger partial charge < -0.3 is 19.5 Å². The highest BCUT2D eigenvalue weighted by Gasteiger charge is 2.21. The number of hydrogen-bond donors (Lipinski definition) is 1. The average molecular weight is 467 g/mol. The van der Waals surface area contributed by atoms with Crippen molar-refractivity contribution < 1.29 is 4.74 Å². The lowest BCUT2D eigenvalue weighted by Crippen LogP contribution is -2.21. The number of anilines is 3. The van der Waals surface area contributed by atoms with Crippen LogP contribution in [0.25, 0.3) is 22.1 Å². The first-order chi connectivity index (χ1) is 17.0. The Kier molecular flexibility index (Phi) is 5.17. The molecule has 176 valence electrons. The number of nitrogens with one attached hydrogen (secondary N) is 1. The monoisotopic (exact) mass is 466 g/mol. The molecule has 1 N–H and O–H groups in total. The van der Waals surface area contributed by atoms with Crippen LogP contribution in [0.15, 0.2) is 55.2 Å². The molecule has 5 aromatic rings. The first-order valence-corrected chi connectivity index (χ1v) is 11.7. The van der Waals surface area contributed by atoms with Crippen LogP contribution >= 0.6 is 0 Å². The van der Waals surface area contributed by atoms with Crippen LogP contribution in [-0.4, -0.2) is 42.6 Å². The van der Waals surface area contributed by atoms with Gasteiger partial charge in [-0.1, -0.05) is 6.92 Å². The minimum Gasteiger partial charge on any atom is -0.457 e. The van der Waals surface area contributed by atoms with E-state index in [1.54, 1.807) is 12.5 Å². The van der Waals surface area contributed by atoms with Crippen LogP contribution in [-0.2, 0) is 7.05 Å². The van der Waals surface area contributed by atoms with Crippen LogP contribution in [0.3, 0.4) is 0 Å². The molecule has 1 aliphatic heterocycles. The standard InChI is InChI=1S/C26H26N8O/c1-16-8-9-34(13-16)26-27-12-21-24(32-26)25(29-14-28-21)31-18-4-7-23(17(2)10-18)35-19-5-6-22-20(11-19)30-15-33(22)3/h4-7,10-12,14-16H,8-9,13H2,1-3H3,(H,28,29,31). The van der Waals surface area contributed by atoms with Crippen LogP contribution in [0, 0.1) is 12.8 Å². The van der Waals surface area contributed by atoms with Crippen molar-refractivity contribution in [3.8, 4) is 11.5 Å². The van der Waals surface area contributed by atoms with Crippen molar-refractivity contribution in [3.63, 3.8) is 0 Å². The van der Waals surface area contributed by atoms with E-state index in [-0.39, 0.29) is 0 Å². The zero-order chi connectivity index (χ0) is 23.9. The summed E-state index contributed by atoms with van der Waals surface area (Å²) < 4.78 is 8.14.